The molecule has 0 spiro atoms. The molecular weight excluding hydrogens is 252 g/mol. The molecule has 4 nitrogen and oxygen atoms in total. The van der Waals surface area contributed by atoms with E-state index in [4.69, 9.17) is 11.6 Å². The first-order valence-corrected chi connectivity index (χ1v) is 6.27. The van der Waals surface area contributed by atoms with E-state index in [0.29, 0.717) is 29.6 Å². The number of anilines is 1. The zero-order valence-electron chi connectivity index (χ0n) is 10.4. The molecule has 1 fully saturated rings. The molecule has 3 amide bonds. The molecule has 1 saturated heterocycles. The normalized spacial score (nSPS) is 16.1. The molecule has 0 aromatic heterocycles. The van der Waals surface area contributed by atoms with Gasteiger partial charge in [0.2, 0.25) is 5.91 Å². The molecule has 1 heterocycles. The van der Waals surface area contributed by atoms with Crippen LogP contribution in [0.4, 0.5) is 10.5 Å². The summed E-state index contributed by atoms with van der Waals surface area (Å²) in [5.41, 5.74) is 1.77. The molecule has 1 aliphatic heterocycles. The molecule has 1 aliphatic rings. The Morgan fingerprint density at radius 1 is 1.33 bits per heavy atom. The predicted octanol–water partition coefficient (Wildman–Crippen LogP) is 2.91. The van der Waals surface area contributed by atoms with Gasteiger partial charge in [-0.05, 0) is 23.6 Å². The fourth-order valence-corrected chi connectivity index (χ4v) is 2.19. The summed E-state index contributed by atoms with van der Waals surface area (Å²) >= 11 is 6.20. The third-order valence-corrected chi connectivity index (χ3v) is 3.29. The van der Waals surface area contributed by atoms with Crippen LogP contribution in [-0.2, 0) is 4.79 Å². The lowest BCUT2D eigenvalue weighted by Crippen LogP contribution is -2.49. The number of carbonyl (C=O) groups is 2. The van der Waals surface area contributed by atoms with E-state index in [1.165, 1.54) is 4.90 Å². The first kappa shape index (κ1) is 12.9. The summed E-state index contributed by atoms with van der Waals surface area (Å²) in [6, 6.07) is 5.24. The van der Waals surface area contributed by atoms with E-state index in [1.54, 1.807) is 0 Å². The second-order valence-corrected chi connectivity index (χ2v) is 5.03. The monoisotopic (exact) mass is 266 g/mol. The van der Waals surface area contributed by atoms with Crippen LogP contribution in [0.2, 0.25) is 5.02 Å². The average Bonchev–Trinajstić information content (AvgIpc) is 2.30. The van der Waals surface area contributed by atoms with E-state index in [9.17, 15) is 9.59 Å². The maximum Gasteiger partial charge on any atom is 0.328 e. The standard InChI is InChI=1S/C13H15ClN2O2/c1-8(2)9-3-4-11(10(14)7-9)16-6-5-12(17)15-13(16)18/h3-4,7-8H,5-6H2,1-2H3,(H,15,17,18). The van der Waals surface area contributed by atoms with Gasteiger partial charge in [0.05, 0.1) is 10.7 Å². The van der Waals surface area contributed by atoms with Crippen molar-refractivity contribution in [2.75, 3.05) is 11.4 Å². The number of hydrogen-bond acceptors (Lipinski definition) is 2. The third kappa shape index (κ3) is 2.48. The zero-order valence-corrected chi connectivity index (χ0v) is 11.1. The van der Waals surface area contributed by atoms with E-state index in [2.05, 4.69) is 19.2 Å². The number of halogens is 1. The average molecular weight is 267 g/mol. The maximum absolute atomic E-state index is 11.7. The quantitative estimate of drug-likeness (QED) is 0.895. The maximum atomic E-state index is 11.7. The molecule has 5 heteroatoms. The molecule has 2 rings (SSSR count). The summed E-state index contributed by atoms with van der Waals surface area (Å²) in [5, 5.41) is 2.81. The minimum absolute atomic E-state index is 0.244. The van der Waals surface area contributed by atoms with Crippen LogP contribution in [0.5, 0.6) is 0 Å². The molecule has 0 saturated carbocycles. The fourth-order valence-electron chi connectivity index (χ4n) is 1.90. The number of hydrogen-bond donors (Lipinski definition) is 1. The Morgan fingerprint density at radius 3 is 2.61 bits per heavy atom. The Hall–Kier alpha value is -1.55. The Morgan fingerprint density at radius 2 is 2.06 bits per heavy atom. The van der Waals surface area contributed by atoms with Crippen molar-refractivity contribution in [3.63, 3.8) is 0 Å². The molecule has 0 radical (unpaired) electrons. The van der Waals surface area contributed by atoms with Gasteiger partial charge < -0.3 is 0 Å². The largest absolute Gasteiger partial charge is 0.328 e. The Labute approximate surface area is 111 Å². The Bertz CT molecular complexity index is 500. The van der Waals surface area contributed by atoms with Crippen LogP contribution in [-0.4, -0.2) is 18.5 Å². The number of imide groups is 1. The second kappa shape index (κ2) is 4.98. The summed E-state index contributed by atoms with van der Waals surface area (Å²) in [6.07, 6.45) is 0.300. The highest BCUT2D eigenvalue weighted by Crippen LogP contribution is 2.30. The molecule has 18 heavy (non-hydrogen) atoms. The number of amides is 3. The van der Waals surface area contributed by atoms with Gasteiger partial charge in [-0.1, -0.05) is 31.5 Å². The minimum atomic E-state index is -0.412. The van der Waals surface area contributed by atoms with Crippen molar-refractivity contribution in [3.05, 3.63) is 28.8 Å². The highest BCUT2D eigenvalue weighted by atomic mass is 35.5. The lowest BCUT2D eigenvalue weighted by molar-refractivity contribution is -0.120. The second-order valence-electron chi connectivity index (χ2n) is 4.62. The smallest absolute Gasteiger partial charge is 0.292 e. The van der Waals surface area contributed by atoms with Gasteiger partial charge in [-0.25, -0.2) is 4.79 Å². The highest BCUT2D eigenvalue weighted by molar-refractivity contribution is 6.34. The molecule has 1 N–H and O–H groups in total. The van der Waals surface area contributed by atoms with Gasteiger partial charge in [-0.2, -0.15) is 0 Å². The van der Waals surface area contributed by atoms with Gasteiger partial charge in [-0.3, -0.25) is 15.0 Å². The van der Waals surface area contributed by atoms with Crippen molar-refractivity contribution >= 4 is 29.2 Å². The van der Waals surface area contributed by atoms with Gasteiger partial charge in [-0.15, -0.1) is 0 Å². The number of urea groups is 1. The lowest BCUT2D eigenvalue weighted by atomic mass is 10.0. The highest BCUT2D eigenvalue weighted by Gasteiger charge is 2.25. The number of rotatable bonds is 2. The molecule has 0 bridgehead atoms. The van der Waals surface area contributed by atoms with Gasteiger partial charge >= 0.3 is 6.03 Å². The first-order chi connectivity index (χ1) is 8.49. The molecule has 1 aromatic rings. The molecule has 0 atom stereocenters. The summed E-state index contributed by atoms with van der Waals surface area (Å²) in [7, 11) is 0. The van der Waals surface area contributed by atoms with Crippen LogP contribution < -0.4 is 10.2 Å². The van der Waals surface area contributed by atoms with Gasteiger partial charge in [0, 0.05) is 13.0 Å². The summed E-state index contributed by atoms with van der Waals surface area (Å²) in [4.78, 5) is 24.3. The van der Waals surface area contributed by atoms with E-state index in [0.717, 1.165) is 5.56 Å². The van der Waals surface area contributed by atoms with Crippen LogP contribution in [0.1, 0.15) is 31.7 Å². The number of nitrogens with one attached hydrogen (secondary N) is 1. The molecule has 0 aliphatic carbocycles. The van der Waals surface area contributed by atoms with E-state index < -0.39 is 6.03 Å². The van der Waals surface area contributed by atoms with E-state index in [-0.39, 0.29) is 5.91 Å². The third-order valence-electron chi connectivity index (χ3n) is 2.98. The van der Waals surface area contributed by atoms with Crippen LogP contribution in [0.25, 0.3) is 0 Å². The summed E-state index contributed by atoms with van der Waals surface area (Å²) in [6.45, 7) is 4.53. The van der Waals surface area contributed by atoms with Gasteiger partial charge in [0.15, 0.2) is 0 Å². The number of carbonyl (C=O) groups excluding carboxylic acids is 2. The Balaban J connectivity index is 2.28. The fraction of sp³-hybridized carbons (Fsp3) is 0.385. The van der Waals surface area contributed by atoms with E-state index in [1.807, 2.05) is 18.2 Å². The van der Waals surface area contributed by atoms with Gasteiger partial charge in [0.25, 0.3) is 0 Å². The topological polar surface area (TPSA) is 49.4 Å². The zero-order chi connectivity index (χ0) is 13.3. The minimum Gasteiger partial charge on any atom is -0.292 e. The van der Waals surface area contributed by atoms with Crippen LogP contribution in [0.15, 0.2) is 18.2 Å². The van der Waals surface area contributed by atoms with Crippen molar-refractivity contribution in [2.45, 2.75) is 26.2 Å². The number of nitrogens with zero attached hydrogens (tertiary/aromatic N) is 1. The van der Waals surface area contributed by atoms with Crippen LogP contribution in [0.3, 0.4) is 0 Å². The summed E-state index contributed by atoms with van der Waals surface area (Å²) < 4.78 is 0. The molecule has 1 aromatic carbocycles. The Kier molecular flexibility index (Phi) is 3.57. The SMILES string of the molecule is CC(C)c1ccc(N2CCC(=O)NC2=O)c(Cl)c1. The first-order valence-electron chi connectivity index (χ1n) is 5.90. The van der Waals surface area contributed by atoms with Gasteiger partial charge in [0.1, 0.15) is 0 Å². The van der Waals surface area contributed by atoms with Crippen molar-refractivity contribution in [3.8, 4) is 0 Å². The summed E-state index contributed by atoms with van der Waals surface area (Å²) in [5.74, 6) is 0.138. The molecule has 0 unspecified atom stereocenters. The lowest BCUT2D eigenvalue weighted by Gasteiger charge is -2.27. The predicted molar refractivity (Wildman–Crippen MR) is 71.0 cm³/mol. The van der Waals surface area contributed by atoms with Crippen LogP contribution >= 0.6 is 11.6 Å². The van der Waals surface area contributed by atoms with Crippen molar-refractivity contribution in [1.82, 2.24) is 5.32 Å². The molecular formula is C13H15ClN2O2. The van der Waals surface area contributed by atoms with Crippen molar-refractivity contribution in [1.29, 1.82) is 0 Å². The van der Waals surface area contributed by atoms with E-state index >= 15 is 0 Å². The van der Waals surface area contributed by atoms with Crippen molar-refractivity contribution in [2.24, 2.45) is 0 Å². The molecule has 96 valence electrons. The van der Waals surface area contributed by atoms with Crippen LogP contribution in [0, 0.1) is 0 Å². The number of benzene rings is 1. The van der Waals surface area contributed by atoms with Crippen molar-refractivity contribution < 1.29 is 9.59 Å².